The van der Waals surface area contributed by atoms with Crippen LogP contribution in [0.15, 0.2) is 68.2 Å². The fraction of sp³-hybridized carbons (Fsp3) is 0.150. The zero-order valence-electron chi connectivity index (χ0n) is 14.8. The molecule has 1 aromatic heterocycles. The molecule has 144 valence electrons. The van der Waals surface area contributed by atoms with Gasteiger partial charge in [-0.2, -0.15) is 0 Å². The topological polar surface area (TPSA) is 72.5 Å². The third-order valence-corrected chi connectivity index (χ3v) is 8.20. The first kappa shape index (κ1) is 19.2. The molecule has 1 N–H and O–H groups in total. The Morgan fingerprint density at radius 3 is 2.61 bits per heavy atom. The van der Waals surface area contributed by atoms with Crippen LogP contribution in [-0.2, 0) is 14.6 Å². The highest BCUT2D eigenvalue weighted by molar-refractivity contribution is 9.10. The number of hydrogen-bond acceptors (Lipinski definition) is 5. The van der Waals surface area contributed by atoms with Crippen LogP contribution in [0.3, 0.4) is 0 Å². The van der Waals surface area contributed by atoms with Crippen molar-refractivity contribution in [1.82, 2.24) is 0 Å². The van der Waals surface area contributed by atoms with Crippen LogP contribution in [0.5, 0.6) is 5.75 Å². The number of rotatable bonds is 4. The molecule has 5 nitrogen and oxygen atoms in total. The van der Waals surface area contributed by atoms with Gasteiger partial charge in [-0.3, -0.25) is 4.79 Å². The number of fused-ring (bicyclic) bond motifs is 1. The van der Waals surface area contributed by atoms with Gasteiger partial charge in [-0.15, -0.1) is 11.3 Å². The van der Waals surface area contributed by atoms with Gasteiger partial charge < -0.3 is 10.1 Å². The van der Waals surface area contributed by atoms with E-state index in [-0.39, 0.29) is 28.0 Å². The number of ether oxygens (including phenoxy) is 1. The molecule has 1 atom stereocenters. The zero-order valence-corrected chi connectivity index (χ0v) is 18.0. The third kappa shape index (κ3) is 3.36. The van der Waals surface area contributed by atoms with Crippen molar-refractivity contribution in [2.75, 3.05) is 12.4 Å². The predicted octanol–water partition coefficient (Wildman–Crippen LogP) is 4.83. The Bertz CT molecular complexity index is 1150. The summed E-state index contributed by atoms with van der Waals surface area (Å²) in [4.78, 5) is 13.5. The number of amides is 1. The van der Waals surface area contributed by atoms with Crippen LogP contribution in [0, 0.1) is 0 Å². The quantitative estimate of drug-likeness (QED) is 0.584. The Labute approximate surface area is 175 Å². The number of methoxy groups -OCH3 is 1. The molecule has 1 amide bonds. The lowest BCUT2D eigenvalue weighted by Crippen LogP contribution is -2.23. The second kappa shape index (κ2) is 7.35. The van der Waals surface area contributed by atoms with Gasteiger partial charge in [0.25, 0.3) is 0 Å². The molecule has 4 rings (SSSR count). The van der Waals surface area contributed by atoms with E-state index in [1.165, 1.54) is 30.6 Å². The van der Waals surface area contributed by atoms with E-state index in [0.29, 0.717) is 11.4 Å². The molecule has 28 heavy (non-hydrogen) atoms. The van der Waals surface area contributed by atoms with Crippen LogP contribution in [0.2, 0.25) is 0 Å². The molecule has 0 bridgehead atoms. The maximum Gasteiger partial charge on any atom is 0.225 e. The normalized spacial score (nSPS) is 16.4. The summed E-state index contributed by atoms with van der Waals surface area (Å²) in [5.41, 5.74) is 1.36. The Balaban J connectivity index is 1.80. The van der Waals surface area contributed by atoms with E-state index < -0.39 is 9.84 Å². The largest absolute Gasteiger partial charge is 0.497 e. The first-order valence-electron chi connectivity index (χ1n) is 8.46. The first-order valence-corrected chi connectivity index (χ1v) is 11.6. The fourth-order valence-electron chi connectivity index (χ4n) is 3.28. The van der Waals surface area contributed by atoms with Gasteiger partial charge >= 0.3 is 0 Å². The summed E-state index contributed by atoms with van der Waals surface area (Å²) < 4.78 is 32.4. The van der Waals surface area contributed by atoms with Crippen molar-refractivity contribution in [3.8, 4) is 5.75 Å². The Morgan fingerprint density at radius 1 is 1.18 bits per heavy atom. The van der Waals surface area contributed by atoms with Gasteiger partial charge in [0.15, 0.2) is 0 Å². The third-order valence-electron chi connectivity index (χ3n) is 4.67. The zero-order chi connectivity index (χ0) is 19.9. The van der Waals surface area contributed by atoms with Crippen LogP contribution in [0.25, 0.3) is 0 Å². The highest BCUT2D eigenvalue weighted by Crippen LogP contribution is 2.46. The lowest BCUT2D eigenvalue weighted by Gasteiger charge is -2.24. The van der Waals surface area contributed by atoms with Crippen molar-refractivity contribution >= 4 is 48.7 Å². The molecule has 0 spiro atoms. The van der Waals surface area contributed by atoms with Crippen LogP contribution in [0.1, 0.15) is 22.8 Å². The number of thiophene rings is 1. The number of halogens is 1. The Kier molecular flexibility index (Phi) is 5.03. The number of hydrogen-bond donors (Lipinski definition) is 1. The molecular weight excluding hydrogens is 462 g/mol. The number of nitrogens with one attached hydrogen (secondary N) is 1. The van der Waals surface area contributed by atoms with E-state index in [4.69, 9.17) is 4.74 Å². The minimum atomic E-state index is -3.77. The van der Waals surface area contributed by atoms with Gasteiger partial charge in [0, 0.05) is 27.1 Å². The maximum absolute atomic E-state index is 13.2. The molecule has 8 heteroatoms. The summed E-state index contributed by atoms with van der Waals surface area (Å²) in [5.74, 6) is 0.211. The van der Waals surface area contributed by atoms with E-state index in [1.807, 2.05) is 24.3 Å². The van der Waals surface area contributed by atoms with Gasteiger partial charge in [0.2, 0.25) is 15.7 Å². The van der Waals surface area contributed by atoms with Crippen LogP contribution < -0.4 is 10.1 Å². The summed E-state index contributed by atoms with van der Waals surface area (Å²) in [6, 6.07) is 14.0. The first-order chi connectivity index (χ1) is 13.4. The van der Waals surface area contributed by atoms with Crippen LogP contribution in [-0.4, -0.2) is 21.4 Å². The summed E-state index contributed by atoms with van der Waals surface area (Å²) in [6.07, 6.45) is 0.284. The van der Waals surface area contributed by atoms with Crippen molar-refractivity contribution in [1.29, 1.82) is 0 Å². The van der Waals surface area contributed by atoms with Gasteiger partial charge in [0.05, 0.1) is 17.7 Å². The lowest BCUT2D eigenvalue weighted by atomic mass is 9.91. The molecule has 2 aromatic carbocycles. The van der Waals surface area contributed by atoms with E-state index >= 15 is 0 Å². The molecule has 0 aliphatic carbocycles. The van der Waals surface area contributed by atoms with Crippen molar-refractivity contribution in [2.45, 2.75) is 22.1 Å². The van der Waals surface area contributed by atoms with Gasteiger partial charge in [-0.1, -0.05) is 28.1 Å². The molecule has 0 radical (unpaired) electrons. The van der Waals surface area contributed by atoms with E-state index in [1.54, 1.807) is 17.5 Å². The number of sulfone groups is 1. The number of benzene rings is 2. The second-order valence-corrected chi connectivity index (χ2v) is 10.1. The average molecular weight is 478 g/mol. The molecule has 3 aromatic rings. The fourth-order valence-corrected chi connectivity index (χ4v) is 6.60. The van der Waals surface area contributed by atoms with Gasteiger partial charge in [0.1, 0.15) is 10.6 Å². The van der Waals surface area contributed by atoms with Crippen molar-refractivity contribution in [3.05, 3.63) is 68.8 Å². The molecule has 0 fully saturated rings. The smallest absolute Gasteiger partial charge is 0.225 e. The number of carbonyl (C=O) groups excluding carboxylic acids is 1. The van der Waals surface area contributed by atoms with E-state index in [0.717, 1.165) is 14.9 Å². The summed E-state index contributed by atoms with van der Waals surface area (Å²) >= 11 is 4.82. The van der Waals surface area contributed by atoms with E-state index in [9.17, 15) is 13.2 Å². The molecule has 2 heterocycles. The summed E-state index contributed by atoms with van der Waals surface area (Å²) in [5, 5.41) is 4.39. The second-order valence-electron chi connectivity index (χ2n) is 6.38. The van der Waals surface area contributed by atoms with Crippen LogP contribution in [0.4, 0.5) is 5.69 Å². The highest BCUT2D eigenvalue weighted by Gasteiger charge is 2.34. The monoisotopic (exact) mass is 477 g/mol. The average Bonchev–Trinajstić information content (AvgIpc) is 3.12. The number of carbonyl (C=O) groups is 1. The van der Waals surface area contributed by atoms with Crippen LogP contribution >= 0.6 is 27.3 Å². The molecule has 0 saturated carbocycles. The Morgan fingerprint density at radius 2 is 1.93 bits per heavy atom. The molecule has 1 aliphatic heterocycles. The van der Waals surface area contributed by atoms with Gasteiger partial charge in [-0.05, 0) is 42.0 Å². The minimum absolute atomic E-state index is 0.130. The molecule has 0 saturated heterocycles. The van der Waals surface area contributed by atoms with Crippen molar-refractivity contribution in [3.63, 3.8) is 0 Å². The SMILES string of the molecule is COc1ccc(S(=O)(=O)c2csc3c2NC(=O)C[C@@H]3c2cccc(Br)c2)cc1. The highest BCUT2D eigenvalue weighted by atomic mass is 79.9. The summed E-state index contributed by atoms with van der Waals surface area (Å²) in [7, 11) is -2.24. The maximum atomic E-state index is 13.2. The Hall–Kier alpha value is -2.16. The summed E-state index contributed by atoms with van der Waals surface area (Å²) in [6.45, 7) is 0. The standard InChI is InChI=1S/C20H16BrNO4S2/c1-26-14-5-7-15(8-6-14)28(24,25)17-11-27-20-16(10-18(23)22-19(17)20)12-3-2-4-13(21)9-12/h2-9,11,16H,10H2,1H3,(H,22,23)/t16-/m1/s1. The van der Waals surface area contributed by atoms with Crippen molar-refractivity contribution < 1.29 is 17.9 Å². The molecule has 1 aliphatic rings. The predicted molar refractivity (Wildman–Crippen MR) is 112 cm³/mol. The molecule has 0 unspecified atom stereocenters. The van der Waals surface area contributed by atoms with Gasteiger partial charge in [-0.25, -0.2) is 8.42 Å². The lowest BCUT2D eigenvalue weighted by molar-refractivity contribution is -0.116. The molecular formula is C20H16BrNO4S2. The van der Waals surface area contributed by atoms with Crippen molar-refractivity contribution in [2.24, 2.45) is 0 Å². The van der Waals surface area contributed by atoms with E-state index in [2.05, 4.69) is 21.2 Å². The number of anilines is 1. The minimum Gasteiger partial charge on any atom is -0.497 e.